The fourth-order valence-electron chi connectivity index (χ4n) is 2.82. The van der Waals surface area contributed by atoms with Crippen molar-refractivity contribution in [1.82, 2.24) is 21.1 Å². The molecule has 2 aromatic carbocycles. The molecule has 3 N–H and O–H groups in total. The van der Waals surface area contributed by atoms with Crippen LogP contribution < -0.4 is 16.2 Å². The molecule has 0 spiro atoms. The smallest absolute Gasteiger partial charge is 0.319 e. The second-order valence-corrected chi connectivity index (χ2v) is 6.76. The van der Waals surface area contributed by atoms with Crippen LogP contribution >= 0.6 is 11.6 Å². The van der Waals surface area contributed by atoms with E-state index in [9.17, 15) is 19.2 Å². The van der Waals surface area contributed by atoms with Gasteiger partial charge in [0, 0.05) is 10.6 Å². The summed E-state index contributed by atoms with van der Waals surface area (Å²) in [6.07, 6.45) is 0. The second kappa shape index (κ2) is 7.69. The maximum atomic E-state index is 12.7. The van der Waals surface area contributed by atoms with Crippen LogP contribution in [0.25, 0.3) is 0 Å². The average molecular weight is 401 g/mol. The number of halogens is 1. The maximum Gasteiger partial charge on any atom is 0.325 e. The van der Waals surface area contributed by atoms with Gasteiger partial charge in [0.05, 0.1) is 0 Å². The third kappa shape index (κ3) is 3.81. The van der Waals surface area contributed by atoms with Crippen LogP contribution in [0, 0.1) is 0 Å². The molecule has 28 heavy (non-hydrogen) atoms. The molecule has 5 amide bonds. The third-order valence-electron chi connectivity index (χ3n) is 4.33. The van der Waals surface area contributed by atoms with Crippen molar-refractivity contribution in [2.45, 2.75) is 12.5 Å². The van der Waals surface area contributed by atoms with Crippen LogP contribution in [0.5, 0.6) is 0 Å². The molecular formula is C19H17ClN4O4. The molecule has 1 fully saturated rings. The van der Waals surface area contributed by atoms with Gasteiger partial charge in [-0.3, -0.25) is 30.1 Å². The molecule has 0 bridgehead atoms. The van der Waals surface area contributed by atoms with Gasteiger partial charge in [-0.2, -0.15) is 0 Å². The topological polar surface area (TPSA) is 108 Å². The number of amides is 5. The molecule has 1 aliphatic rings. The van der Waals surface area contributed by atoms with Crippen LogP contribution in [0.1, 0.15) is 22.8 Å². The van der Waals surface area contributed by atoms with Crippen molar-refractivity contribution in [3.05, 3.63) is 70.7 Å². The highest BCUT2D eigenvalue weighted by atomic mass is 35.5. The number of nitrogens with zero attached hydrogens (tertiary/aromatic N) is 1. The number of carbonyl (C=O) groups is 4. The van der Waals surface area contributed by atoms with Gasteiger partial charge in [-0.25, -0.2) is 4.79 Å². The lowest BCUT2D eigenvalue weighted by molar-refractivity contribution is -0.135. The highest BCUT2D eigenvalue weighted by Crippen LogP contribution is 2.28. The van der Waals surface area contributed by atoms with Crippen molar-refractivity contribution < 1.29 is 19.2 Å². The minimum absolute atomic E-state index is 0.249. The van der Waals surface area contributed by atoms with Gasteiger partial charge in [0.25, 0.3) is 17.7 Å². The predicted octanol–water partition coefficient (Wildman–Crippen LogP) is 1.57. The van der Waals surface area contributed by atoms with E-state index < -0.39 is 35.8 Å². The largest absolute Gasteiger partial charge is 0.325 e. The van der Waals surface area contributed by atoms with E-state index in [4.69, 9.17) is 11.6 Å². The first-order valence-corrected chi connectivity index (χ1v) is 8.73. The van der Waals surface area contributed by atoms with E-state index in [-0.39, 0.29) is 5.56 Å². The third-order valence-corrected chi connectivity index (χ3v) is 4.57. The van der Waals surface area contributed by atoms with Crippen molar-refractivity contribution in [2.75, 3.05) is 6.54 Å². The molecule has 144 valence electrons. The van der Waals surface area contributed by atoms with E-state index in [0.29, 0.717) is 10.6 Å². The number of hydrogen-bond donors (Lipinski definition) is 3. The predicted molar refractivity (Wildman–Crippen MR) is 101 cm³/mol. The number of urea groups is 1. The zero-order chi connectivity index (χ0) is 20.3. The standard InChI is InChI=1S/C19H17ClN4O4/c1-19(13-7-3-2-4-8-13)17(27)24(18(28)21-19)11-15(25)22-23-16(26)12-6-5-9-14(20)10-12/h2-10H,11H2,1H3,(H,21,28)(H,22,25)(H,23,26)/t19-/m0/s1. The highest BCUT2D eigenvalue weighted by molar-refractivity contribution is 6.31. The minimum atomic E-state index is -1.26. The molecule has 1 saturated heterocycles. The molecule has 0 radical (unpaired) electrons. The van der Waals surface area contributed by atoms with Gasteiger partial charge in [0.15, 0.2) is 0 Å². The highest BCUT2D eigenvalue weighted by Gasteiger charge is 2.49. The van der Waals surface area contributed by atoms with Crippen molar-refractivity contribution in [2.24, 2.45) is 0 Å². The first-order valence-electron chi connectivity index (χ1n) is 8.35. The number of benzene rings is 2. The fraction of sp³-hybridized carbons (Fsp3) is 0.158. The van der Waals surface area contributed by atoms with Crippen molar-refractivity contribution in [1.29, 1.82) is 0 Å². The quantitative estimate of drug-likeness (QED) is 0.534. The molecule has 1 atom stereocenters. The Bertz CT molecular complexity index is 950. The molecule has 0 aliphatic carbocycles. The van der Waals surface area contributed by atoms with Gasteiger partial charge in [-0.05, 0) is 30.7 Å². The lowest BCUT2D eigenvalue weighted by atomic mass is 9.92. The molecule has 0 unspecified atom stereocenters. The van der Waals surface area contributed by atoms with Crippen LogP contribution in [0.2, 0.25) is 5.02 Å². The number of rotatable bonds is 4. The Morgan fingerprint density at radius 1 is 1.07 bits per heavy atom. The molecule has 8 nitrogen and oxygen atoms in total. The van der Waals surface area contributed by atoms with Crippen molar-refractivity contribution in [3.63, 3.8) is 0 Å². The summed E-state index contributed by atoms with van der Waals surface area (Å²) in [4.78, 5) is 49.9. The SMILES string of the molecule is C[C@@]1(c2ccccc2)NC(=O)N(CC(=O)NNC(=O)c2cccc(Cl)c2)C1=O. The lowest BCUT2D eigenvalue weighted by Gasteiger charge is -2.22. The van der Waals surface area contributed by atoms with Gasteiger partial charge in [-0.1, -0.05) is 48.0 Å². The van der Waals surface area contributed by atoms with Gasteiger partial charge >= 0.3 is 6.03 Å². The summed E-state index contributed by atoms with van der Waals surface area (Å²) in [6, 6.07) is 14.2. The second-order valence-electron chi connectivity index (χ2n) is 6.33. The van der Waals surface area contributed by atoms with E-state index in [1.165, 1.54) is 12.1 Å². The molecule has 2 aromatic rings. The first kappa shape index (κ1) is 19.4. The Morgan fingerprint density at radius 2 is 1.79 bits per heavy atom. The normalized spacial score (nSPS) is 18.6. The Kier molecular flexibility index (Phi) is 5.32. The van der Waals surface area contributed by atoms with Crippen molar-refractivity contribution in [3.8, 4) is 0 Å². The molecule has 0 saturated carbocycles. The van der Waals surface area contributed by atoms with Crippen LogP contribution in [0.15, 0.2) is 54.6 Å². The number of imide groups is 1. The van der Waals surface area contributed by atoms with E-state index in [1.54, 1.807) is 49.4 Å². The summed E-state index contributed by atoms with van der Waals surface area (Å²) in [5.74, 6) is -1.86. The number of hydrazine groups is 1. The molecule has 1 heterocycles. The Labute approximate surface area is 165 Å². The van der Waals surface area contributed by atoms with Gasteiger partial charge < -0.3 is 5.32 Å². The number of hydrogen-bond acceptors (Lipinski definition) is 4. The molecule has 0 aromatic heterocycles. The van der Waals surface area contributed by atoms with Crippen LogP contribution in [0.4, 0.5) is 4.79 Å². The van der Waals surface area contributed by atoms with Crippen LogP contribution in [-0.4, -0.2) is 35.2 Å². The Morgan fingerprint density at radius 3 is 2.46 bits per heavy atom. The van der Waals surface area contributed by atoms with Gasteiger partial charge in [-0.15, -0.1) is 0 Å². The molecule has 3 rings (SSSR count). The van der Waals surface area contributed by atoms with Crippen LogP contribution in [0.3, 0.4) is 0 Å². The fourth-order valence-corrected chi connectivity index (χ4v) is 3.01. The van der Waals surface area contributed by atoms with Crippen LogP contribution in [-0.2, 0) is 15.1 Å². The minimum Gasteiger partial charge on any atom is -0.319 e. The van der Waals surface area contributed by atoms with E-state index in [1.807, 2.05) is 0 Å². The summed E-state index contributed by atoms with van der Waals surface area (Å²) in [5, 5.41) is 2.98. The summed E-state index contributed by atoms with van der Waals surface area (Å²) in [6.45, 7) is 1.03. The molecular weight excluding hydrogens is 384 g/mol. The lowest BCUT2D eigenvalue weighted by Crippen LogP contribution is -2.48. The number of carbonyl (C=O) groups excluding carboxylic acids is 4. The Hall–Kier alpha value is -3.39. The zero-order valence-corrected chi connectivity index (χ0v) is 15.6. The van der Waals surface area contributed by atoms with Crippen molar-refractivity contribution >= 4 is 35.4 Å². The van der Waals surface area contributed by atoms with E-state index in [2.05, 4.69) is 16.2 Å². The first-order chi connectivity index (χ1) is 13.3. The summed E-state index contributed by atoms with van der Waals surface area (Å²) in [7, 11) is 0. The van der Waals surface area contributed by atoms with Gasteiger partial charge in [0.2, 0.25) is 0 Å². The monoisotopic (exact) mass is 400 g/mol. The summed E-state index contributed by atoms with van der Waals surface area (Å²) < 4.78 is 0. The molecule has 1 aliphatic heterocycles. The average Bonchev–Trinajstić information content (AvgIpc) is 2.91. The van der Waals surface area contributed by atoms with E-state index in [0.717, 1.165) is 4.90 Å². The van der Waals surface area contributed by atoms with Gasteiger partial charge in [0.1, 0.15) is 12.1 Å². The zero-order valence-electron chi connectivity index (χ0n) is 14.9. The summed E-state index contributed by atoms with van der Waals surface area (Å²) in [5.41, 5.74) is 3.99. The molecule has 9 heteroatoms. The summed E-state index contributed by atoms with van der Waals surface area (Å²) >= 11 is 5.82. The number of nitrogens with one attached hydrogen (secondary N) is 3. The maximum absolute atomic E-state index is 12.7. The van der Waals surface area contributed by atoms with E-state index >= 15 is 0 Å². The Balaban J connectivity index is 1.62.